The number of nitrogens with one attached hydrogen (secondary N) is 1. The molecular formula is C23H24F2N4O3. The summed E-state index contributed by atoms with van der Waals surface area (Å²) in [5.74, 6) is -0.821. The molecule has 3 heterocycles. The molecule has 0 unspecified atom stereocenters. The van der Waals surface area contributed by atoms with Crippen LogP contribution < -0.4 is 4.74 Å². The van der Waals surface area contributed by atoms with Crippen LogP contribution in [0.1, 0.15) is 31.1 Å². The van der Waals surface area contributed by atoms with Crippen LogP contribution in [0.2, 0.25) is 0 Å². The van der Waals surface area contributed by atoms with E-state index in [1.165, 1.54) is 6.07 Å². The zero-order valence-electron chi connectivity index (χ0n) is 17.6. The predicted molar refractivity (Wildman–Crippen MR) is 113 cm³/mol. The van der Waals surface area contributed by atoms with Crippen LogP contribution in [-0.4, -0.2) is 52.1 Å². The Morgan fingerprint density at radius 2 is 2.16 bits per heavy atom. The number of carbonyl (C=O) groups is 1. The summed E-state index contributed by atoms with van der Waals surface area (Å²) in [7, 11) is 1.63. The number of hydrogen-bond donors (Lipinski definition) is 1. The number of rotatable bonds is 8. The van der Waals surface area contributed by atoms with Gasteiger partial charge in [-0.2, -0.15) is 0 Å². The molecule has 1 fully saturated rings. The van der Waals surface area contributed by atoms with Crippen molar-refractivity contribution in [2.24, 2.45) is 0 Å². The van der Waals surface area contributed by atoms with Crippen LogP contribution in [0, 0.1) is 11.6 Å². The van der Waals surface area contributed by atoms with Gasteiger partial charge in [0.1, 0.15) is 11.6 Å². The van der Waals surface area contributed by atoms with E-state index < -0.39 is 11.6 Å². The molecule has 7 nitrogen and oxygen atoms in total. The highest BCUT2D eigenvalue weighted by atomic mass is 19.1. The Labute approximate surface area is 184 Å². The molecule has 4 rings (SSSR count). The van der Waals surface area contributed by atoms with E-state index in [0.29, 0.717) is 25.2 Å². The van der Waals surface area contributed by atoms with Crippen LogP contribution in [0.3, 0.4) is 0 Å². The summed E-state index contributed by atoms with van der Waals surface area (Å²) in [5.41, 5.74) is 1.74. The van der Waals surface area contributed by atoms with Gasteiger partial charge in [-0.25, -0.2) is 13.8 Å². The molecule has 1 aliphatic heterocycles. The van der Waals surface area contributed by atoms with Gasteiger partial charge in [-0.3, -0.25) is 9.78 Å². The zero-order valence-corrected chi connectivity index (χ0v) is 17.6. The Morgan fingerprint density at radius 3 is 2.91 bits per heavy atom. The van der Waals surface area contributed by atoms with Crippen molar-refractivity contribution < 1.29 is 23.0 Å². The highest BCUT2D eigenvalue weighted by molar-refractivity contribution is 5.77. The number of benzene rings is 1. The van der Waals surface area contributed by atoms with Crippen LogP contribution in [-0.2, 0) is 9.53 Å². The molecule has 1 amide bonds. The molecule has 168 valence electrons. The number of likely N-dealkylation sites (tertiary alicyclic amines) is 1. The SMILES string of the molecule is CO[C@H]1C[C@@H](c2ncc(-c3cccnc3)[nH]2)N(C(=O)CCCOc2ccc(F)cc2F)C1. The summed E-state index contributed by atoms with van der Waals surface area (Å²) < 4.78 is 37.5. The summed E-state index contributed by atoms with van der Waals surface area (Å²) in [6, 6.07) is 6.69. The van der Waals surface area contributed by atoms with E-state index in [0.717, 1.165) is 23.4 Å². The molecule has 2 aromatic heterocycles. The van der Waals surface area contributed by atoms with Crippen LogP contribution in [0.25, 0.3) is 11.3 Å². The average Bonchev–Trinajstić information content (AvgIpc) is 3.45. The summed E-state index contributed by atoms with van der Waals surface area (Å²) in [6.45, 7) is 0.614. The van der Waals surface area contributed by atoms with Gasteiger partial charge in [0.25, 0.3) is 0 Å². The molecule has 9 heteroatoms. The normalized spacial score (nSPS) is 18.2. The Morgan fingerprint density at radius 1 is 1.28 bits per heavy atom. The molecule has 2 atom stereocenters. The molecule has 3 aromatic rings. The molecule has 0 spiro atoms. The molecule has 1 saturated heterocycles. The van der Waals surface area contributed by atoms with E-state index in [1.807, 2.05) is 12.1 Å². The largest absolute Gasteiger partial charge is 0.491 e. The second-order valence-electron chi connectivity index (χ2n) is 7.61. The number of aromatic nitrogens is 3. The molecule has 1 aliphatic rings. The second-order valence-corrected chi connectivity index (χ2v) is 7.61. The number of hydrogen-bond acceptors (Lipinski definition) is 5. The van der Waals surface area contributed by atoms with Crippen molar-refractivity contribution in [3.63, 3.8) is 0 Å². The first-order valence-electron chi connectivity index (χ1n) is 10.4. The third-order valence-electron chi connectivity index (χ3n) is 5.49. The number of H-pyrrole nitrogens is 1. The van der Waals surface area contributed by atoms with Gasteiger partial charge in [0.2, 0.25) is 5.91 Å². The van der Waals surface area contributed by atoms with Gasteiger partial charge in [0, 0.05) is 50.5 Å². The van der Waals surface area contributed by atoms with Crippen molar-refractivity contribution in [2.75, 3.05) is 20.3 Å². The lowest BCUT2D eigenvalue weighted by atomic mass is 10.1. The van der Waals surface area contributed by atoms with E-state index in [1.54, 1.807) is 30.6 Å². The first kappa shape index (κ1) is 21.9. The molecule has 0 saturated carbocycles. The number of halogens is 2. The van der Waals surface area contributed by atoms with E-state index in [-0.39, 0.29) is 36.8 Å². The minimum atomic E-state index is -0.763. The number of aromatic amines is 1. The number of nitrogens with zero attached hydrogens (tertiary/aromatic N) is 3. The minimum Gasteiger partial charge on any atom is -0.491 e. The van der Waals surface area contributed by atoms with Gasteiger partial charge >= 0.3 is 0 Å². The summed E-state index contributed by atoms with van der Waals surface area (Å²) in [6.07, 6.45) is 6.37. The van der Waals surface area contributed by atoms with Gasteiger partial charge in [0.15, 0.2) is 11.6 Å². The number of methoxy groups -OCH3 is 1. The molecular weight excluding hydrogens is 418 g/mol. The second kappa shape index (κ2) is 9.86. The molecule has 0 bridgehead atoms. The van der Waals surface area contributed by atoms with E-state index in [4.69, 9.17) is 9.47 Å². The lowest BCUT2D eigenvalue weighted by molar-refractivity contribution is -0.132. The first-order valence-corrected chi connectivity index (χ1v) is 10.4. The number of carbonyl (C=O) groups excluding carboxylic acids is 1. The van der Waals surface area contributed by atoms with Crippen molar-refractivity contribution in [3.8, 4) is 17.0 Å². The van der Waals surface area contributed by atoms with E-state index in [2.05, 4.69) is 15.0 Å². The Kier molecular flexibility index (Phi) is 6.75. The Balaban J connectivity index is 1.37. The quantitative estimate of drug-likeness (QED) is 0.536. The summed E-state index contributed by atoms with van der Waals surface area (Å²) in [5, 5.41) is 0. The number of ether oxygens (including phenoxy) is 2. The van der Waals surface area contributed by atoms with Crippen molar-refractivity contribution in [2.45, 2.75) is 31.4 Å². The number of pyridine rings is 1. The highest BCUT2D eigenvalue weighted by Gasteiger charge is 2.37. The van der Waals surface area contributed by atoms with Gasteiger partial charge in [-0.1, -0.05) is 0 Å². The summed E-state index contributed by atoms with van der Waals surface area (Å²) in [4.78, 5) is 26.6. The lowest BCUT2D eigenvalue weighted by Gasteiger charge is -2.23. The van der Waals surface area contributed by atoms with Crippen molar-refractivity contribution in [1.82, 2.24) is 19.9 Å². The fourth-order valence-corrected chi connectivity index (χ4v) is 3.82. The van der Waals surface area contributed by atoms with Crippen LogP contribution in [0.4, 0.5) is 8.78 Å². The molecule has 1 N–H and O–H groups in total. The van der Waals surface area contributed by atoms with Crippen molar-refractivity contribution >= 4 is 5.91 Å². The number of amides is 1. The average molecular weight is 442 g/mol. The molecule has 1 aromatic carbocycles. The predicted octanol–water partition coefficient (Wildman–Crippen LogP) is 3.90. The minimum absolute atomic E-state index is 0.0316. The monoisotopic (exact) mass is 442 g/mol. The smallest absolute Gasteiger partial charge is 0.223 e. The van der Waals surface area contributed by atoms with Gasteiger partial charge < -0.3 is 19.4 Å². The van der Waals surface area contributed by atoms with E-state index in [9.17, 15) is 13.6 Å². The maximum atomic E-state index is 13.7. The van der Waals surface area contributed by atoms with Crippen LogP contribution in [0.5, 0.6) is 5.75 Å². The standard InChI is InChI=1S/C23H24F2N4O3/c1-31-17-11-20(23-27-13-19(28-23)15-4-2-8-26-12-15)29(14-17)22(30)5-3-9-32-21-7-6-16(24)10-18(21)25/h2,4,6-8,10,12-13,17,20H,3,5,9,11,14H2,1H3,(H,27,28)/t17-,20-/m0/s1. The van der Waals surface area contributed by atoms with Gasteiger partial charge in [0.05, 0.1) is 30.6 Å². The van der Waals surface area contributed by atoms with Crippen molar-refractivity contribution in [3.05, 3.63) is 66.4 Å². The van der Waals surface area contributed by atoms with Crippen LogP contribution >= 0.6 is 0 Å². The van der Waals surface area contributed by atoms with Gasteiger partial charge in [-0.05, 0) is 30.7 Å². The molecule has 0 radical (unpaired) electrons. The molecule has 32 heavy (non-hydrogen) atoms. The zero-order chi connectivity index (χ0) is 22.5. The van der Waals surface area contributed by atoms with Gasteiger partial charge in [-0.15, -0.1) is 0 Å². The fraction of sp³-hybridized carbons (Fsp3) is 0.348. The first-order chi connectivity index (χ1) is 15.5. The van der Waals surface area contributed by atoms with E-state index >= 15 is 0 Å². The third-order valence-corrected chi connectivity index (χ3v) is 5.49. The Hall–Kier alpha value is -3.33. The number of imidazole rings is 1. The van der Waals surface area contributed by atoms with Crippen LogP contribution in [0.15, 0.2) is 48.9 Å². The maximum Gasteiger partial charge on any atom is 0.223 e. The molecule has 0 aliphatic carbocycles. The third kappa shape index (κ3) is 4.94. The summed E-state index contributed by atoms with van der Waals surface area (Å²) >= 11 is 0. The lowest BCUT2D eigenvalue weighted by Crippen LogP contribution is -2.32. The Bertz CT molecular complexity index is 1060. The maximum absolute atomic E-state index is 13.7. The fourth-order valence-electron chi connectivity index (χ4n) is 3.82. The van der Waals surface area contributed by atoms with Crippen molar-refractivity contribution in [1.29, 1.82) is 0 Å². The highest BCUT2D eigenvalue weighted by Crippen LogP contribution is 2.33. The topological polar surface area (TPSA) is 80.3 Å².